The van der Waals surface area contributed by atoms with E-state index in [0.717, 1.165) is 0 Å². The normalized spacial score (nSPS) is 15.0. The van der Waals surface area contributed by atoms with Crippen molar-refractivity contribution in [2.45, 2.75) is 6.92 Å². The van der Waals surface area contributed by atoms with Crippen LogP contribution in [0.4, 0.5) is 10.5 Å². The van der Waals surface area contributed by atoms with E-state index in [9.17, 15) is 9.59 Å². The Balaban J connectivity index is 1.98. The molecule has 0 spiro atoms. The SMILES string of the molecule is CCOC(=O)N1CCN(C(=O)c2ccc(N)cc2Cl)CC1. The minimum absolute atomic E-state index is 0.150. The molecule has 2 N–H and O–H groups in total. The Labute approximate surface area is 128 Å². The van der Waals surface area contributed by atoms with Crippen LogP contribution >= 0.6 is 11.6 Å². The van der Waals surface area contributed by atoms with E-state index in [4.69, 9.17) is 22.1 Å². The van der Waals surface area contributed by atoms with Crippen molar-refractivity contribution in [1.29, 1.82) is 0 Å². The summed E-state index contributed by atoms with van der Waals surface area (Å²) in [6, 6.07) is 4.83. The number of carbonyl (C=O) groups is 2. The first-order valence-electron chi connectivity index (χ1n) is 6.79. The van der Waals surface area contributed by atoms with E-state index in [-0.39, 0.29) is 12.0 Å². The van der Waals surface area contributed by atoms with Crippen molar-refractivity contribution in [1.82, 2.24) is 9.80 Å². The molecule has 2 rings (SSSR count). The van der Waals surface area contributed by atoms with Crippen molar-refractivity contribution in [2.75, 3.05) is 38.5 Å². The van der Waals surface area contributed by atoms with Gasteiger partial charge in [-0.2, -0.15) is 0 Å². The van der Waals surface area contributed by atoms with Crippen LogP contribution in [0.2, 0.25) is 5.02 Å². The third kappa shape index (κ3) is 3.58. The molecule has 0 radical (unpaired) electrons. The molecule has 1 saturated heterocycles. The summed E-state index contributed by atoms with van der Waals surface area (Å²) >= 11 is 6.05. The molecule has 21 heavy (non-hydrogen) atoms. The summed E-state index contributed by atoms with van der Waals surface area (Å²) in [7, 11) is 0. The van der Waals surface area contributed by atoms with Crippen molar-refractivity contribution in [3.8, 4) is 0 Å². The number of piperazine rings is 1. The van der Waals surface area contributed by atoms with E-state index >= 15 is 0 Å². The van der Waals surface area contributed by atoms with Crippen LogP contribution in [0, 0.1) is 0 Å². The van der Waals surface area contributed by atoms with Crippen LogP contribution in [0.5, 0.6) is 0 Å². The van der Waals surface area contributed by atoms with Gasteiger partial charge < -0.3 is 20.3 Å². The van der Waals surface area contributed by atoms with Gasteiger partial charge >= 0.3 is 6.09 Å². The summed E-state index contributed by atoms with van der Waals surface area (Å²) < 4.78 is 4.94. The van der Waals surface area contributed by atoms with Gasteiger partial charge in [0.2, 0.25) is 0 Å². The van der Waals surface area contributed by atoms with Crippen molar-refractivity contribution in [3.05, 3.63) is 28.8 Å². The zero-order chi connectivity index (χ0) is 15.4. The average Bonchev–Trinajstić information content (AvgIpc) is 2.47. The van der Waals surface area contributed by atoms with E-state index in [0.29, 0.717) is 49.1 Å². The molecule has 1 aromatic rings. The predicted octanol–water partition coefficient (Wildman–Crippen LogP) is 1.84. The van der Waals surface area contributed by atoms with Gasteiger partial charge in [0.25, 0.3) is 5.91 Å². The minimum Gasteiger partial charge on any atom is -0.450 e. The fraction of sp³-hybridized carbons (Fsp3) is 0.429. The highest BCUT2D eigenvalue weighted by Gasteiger charge is 2.26. The highest BCUT2D eigenvalue weighted by Crippen LogP contribution is 2.21. The van der Waals surface area contributed by atoms with Crippen molar-refractivity contribution in [3.63, 3.8) is 0 Å². The third-order valence-electron chi connectivity index (χ3n) is 3.32. The molecular formula is C14H18ClN3O3. The quantitative estimate of drug-likeness (QED) is 0.846. The van der Waals surface area contributed by atoms with Crippen LogP contribution in [0.25, 0.3) is 0 Å². The molecule has 6 nitrogen and oxygen atoms in total. The number of anilines is 1. The van der Waals surface area contributed by atoms with E-state index < -0.39 is 0 Å². The van der Waals surface area contributed by atoms with Crippen LogP contribution in [-0.2, 0) is 4.74 Å². The van der Waals surface area contributed by atoms with E-state index in [1.54, 1.807) is 34.9 Å². The molecule has 1 aromatic carbocycles. The predicted molar refractivity (Wildman–Crippen MR) is 80.4 cm³/mol. The largest absolute Gasteiger partial charge is 0.450 e. The lowest BCUT2D eigenvalue weighted by molar-refractivity contribution is 0.0570. The lowest BCUT2D eigenvalue weighted by atomic mass is 10.1. The number of hydrogen-bond acceptors (Lipinski definition) is 4. The van der Waals surface area contributed by atoms with Gasteiger partial charge in [-0.3, -0.25) is 4.79 Å². The van der Waals surface area contributed by atoms with E-state index in [1.165, 1.54) is 0 Å². The second kappa shape index (κ2) is 6.67. The maximum absolute atomic E-state index is 12.4. The fourth-order valence-corrected chi connectivity index (χ4v) is 2.45. The van der Waals surface area contributed by atoms with Crippen LogP contribution in [-0.4, -0.2) is 54.6 Å². The maximum Gasteiger partial charge on any atom is 0.409 e. The van der Waals surface area contributed by atoms with Gasteiger partial charge in [0.15, 0.2) is 0 Å². The summed E-state index contributed by atoms with van der Waals surface area (Å²) in [5.41, 5.74) is 6.56. The minimum atomic E-state index is -0.338. The smallest absolute Gasteiger partial charge is 0.409 e. The monoisotopic (exact) mass is 311 g/mol. The summed E-state index contributed by atoms with van der Waals surface area (Å²) in [5.74, 6) is -0.150. The second-order valence-corrected chi connectivity index (χ2v) is 5.12. The lowest BCUT2D eigenvalue weighted by Crippen LogP contribution is -2.50. The number of ether oxygens (including phenoxy) is 1. The number of hydrogen-bond donors (Lipinski definition) is 1. The molecule has 2 amide bonds. The Morgan fingerprint density at radius 2 is 1.86 bits per heavy atom. The first-order valence-corrected chi connectivity index (χ1v) is 7.16. The molecule has 1 aliphatic rings. The zero-order valence-corrected chi connectivity index (χ0v) is 12.6. The highest BCUT2D eigenvalue weighted by molar-refractivity contribution is 6.34. The zero-order valence-electron chi connectivity index (χ0n) is 11.8. The van der Waals surface area contributed by atoms with Gasteiger partial charge in [-0.15, -0.1) is 0 Å². The van der Waals surface area contributed by atoms with Gasteiger partial charge in [-0.05, 0) is 25.1 Å². The number of nitrogens with two attached hydrogens (primary N) is 1. The number of benzene rings is 1. The first-order chi connectivity index (χ1) is 10.0. The molecule has 0 atom stereocenters. The molecule has 7 heteroatoms. The van der Waals surface area contributed by atoms with Crippen LogP contribution < -0.4 is 5.73 Å². The second-order valence-electron chi connectivity index (χ2n) is 4.72. The molecule has 0 saturated carbocycles. The molecule has 0 unspecified atom stereocenters. The van der Waals surface area contributed by atoms with Gasteiger partial charge in [0.05, 0.1) is 17.2 Å². The van der Waals surface area contributed by atoms with Gasteiger partial charge in [-0.1, -0.05) is 11.6 Å². The fourth-order valence-electron chi connectivity index (χ4n) is 2.18. The number of nitrogens with zero attached hydrogens (tertiary/aromatic N) is 2. The number of carbonyl (C=O) groups excluding carboxylic acids is 2. The molecule has 1 heterocycles. The standard InChI is InChI=1S/C14H18ClN3O3/c1-2-21-14(20)18-7-5-17(6-8-18)13(19)11-4-3-10(16)9-12(11)15/h3-4,9H,2,5-8,16H2,1H3. The Hall–Kier alpha value is -1.95. The Kier molecular flexibility index (Phi) is 4.90. The summed E-state index contributed by atoms with van der Waals surface area (Å²) in [4.78, 5) is 27.3. The molecule has 1 aliphatic heterocycles. The number of rotatable bonds is 2. The average molecular weight is 312 g/mol. The van der Waals surface area contributed by atoms with Gasteiger partial charge in [-0.25, -0.2) is 4.79 Å². The highest BCUT2D eigenvalue weighted by atomic mass is 35.5. The van der Waals surface area contributed by atoms with Gasteiger partial charge in [0, 0.05) is 31.9 Å². The van der Waals surface area contributed by atoms with Crippen LogP contribution in [0.3, 0.4) is 0 Å². The van der Waals surface area contributed by atoms with Crippen LogP contribution in [0.1, 0.15) is 17.3 Å². The number of halogens is 1. The molecule has 1 fully saturated rings. The Bertz CT molecular complexity index is 542. The summed E-state index contributed by atoms with van der Waals surface area (Å²) in [5, 5.41) is 0.341. The molecule has 0 bridgehead atoms. The van der Waals surface area contributed by atoms with E-state index in [1.807, 2.05) is 0 Å². The van der Waals surface area contributed by atoms with Crippen molar-refractivity contribution in [2.24, 2.45) is 0 Å². The third-order valence-corrected chi connectivity index (χ3v) is 3.63. The topological polar surface area (TPSA) is 75.9 Å². The molecular weight excluding hydrogens is 294 g/mol. The maximum atomic E-state index is 12.4. The molecule has 0 aromatic heterocycles. The lowest BCUT2D eigenvalue weighted by Gasteiger charge is -2.34. The van der Waals surface area contributed by atoms with E-state index in [2.05, 4.69) is 0 Å². The molecule has 114 valence electrons. The van der Waals surface area contributed by atoms with Crippen molar-refractivity contribution >= 4 is 29.3 Å². The van der Waals surface area contributed by atoms with Crippen LogP contribution in [0.15, 0.2) is 18.2 Å². The Morgan fingerprint density at radius 3 is 2.43 bits per heavy atom. The molecule has 0 aliphatic carbocycles. The Morgan fingerprint density at radius 1 is 1.24 bits per heavy atom. The number of amides is 2. The number of nitrogen functional groups attached to an aromatic ring is 1. The first kappa shape index (κ1) is 15.4. The summed E-state index contributed by atoms with van der Waals surface area (Å²) in [6.45, 7) is 3.94. The van der Waals surface area contributed by atoms with Gasteiger partial charge in [0.1, 0.15) is 0 Å². The summed E-state index contributed by atoms with van der Waals surface area (Å²) in [6.07, 6.45) is -0.338. The van der Waals surface area contributed by atoms with Crippen molar-refractivity contribution < 1.29 is 14.3 Å².